The van der Waals surface area contributed by atoms with Gasteiger partial charge < -0.3 is 10.3 Å². The monoisotopic (exact) mass is 239 g/mol. The van der Waals surface area contributed by atoms with Gasteiger partial charge in [0.1, 0.15) is 10.3 Å². The summed E-state index contributed by atoms with van der Waals surface area (Å²) in [5.41, 5.74) is 8.71. The zero-order valence-corrected chi connectivity index (χ0v) is 9.09. The summed E-state index contributed by atoms with van der Waals surface area (Å²) in [5.74, 6) is 0. The number of nitrogens with zero attached hydrogens (tertiary/aromatic N) is 2. The predicted octanol–water partition coefficient (Wildman–Crippen LogP) is 2.23. The van der Waals surface area contributed by atoms with Crippen LogP contribution in [0, 0.1) is 6.92 Å². The first-order valence-corrected chi connectivity index (χ1v) is 4.76. The number of hydrogen-bond donors (Lipinski definition) is 1. The maximum Gasteiger partial charge on any atom is 0.143 e. The van der Waals surface area contributed by atoms with Gasteiger partial charge in [-0.2, -0.15) is 0 Å². The Morgan fingerprint density at radius 3 is 2.92 bits per heavy atom. The number of aryl methyl sites for hydroxylation is 2. The summed E-state index contributed by atoms with van der Waals surface area (Å²) >= 11 is 3.36. The van der Waals surface area contributed by atoms with Gasteiger partial charge in [0, 0.05) is 18.6 Å². The first kappa shape index (κ1) is 8.56. The van der Waals surface area contributed by atoms with Gasteiger partial charge in [-0.15, -0.1) is 0 Å². The fourth-order valence-corrected chi connectivity index (χ4v) is 2.07. The van der Waals surface area contributed by atoms with Gasteiger partial charge in [-0.25, -0.2) is 4.98 Å². The van der Waals surface area contributed by atoms with Crippen molar-refractivity contribution in [1.29, 1.82) is 0 Å². The summed E-state index contributed by atoms with van der Waals surface area (Å²) in [5, 5.41) is 1.05. The van der Waals surface area contributed by atoms with Crippen LogP contribution in [-0.4, -0.2) is 9.55 Å². The van der Waals surface area contributed by atoms with E-state index in [1.165, 1.54) is 0 Å². The van der Waals surface area contributed by atoms with Gasteiger partial charge >= 0.3 is 0 Å². The van der Waals surface area contributed by atoms with Crippen molar-refractivity contribution >= 4 is 32.7 Å². The summed E-state index contributed by atoms with van der Waals surface area (Å²) < 4.78 is 2.78. The smallest absolute Gasteiger partial charge is 0.143 e. The molecule has 0 saturated carbocycles. The van der Waals surface area contributed by atoms with E-state index in [1.54, 1.807) is 0 Å². The molecule has 0 atom stereocenters. The van der Waals surface area contributed by atoms with E-state index < -0.39 is 0 Å². The number of halogens is 1. The van der Waals surface area contributed by atoms with Crippen molar-refractivity contribution in [3.63, 3.8) is 0 Å². The number of fused-ring (bicyclic) bond motifs is 1. The van der Waals surface area contributed by atoms with E-state index in [4.69, 9.17) is 5.73 Å². The van der Waals surface area contributed by atoms with Crippen LogP contribution in [0.3, 0.4) is 0 Å². The first-order valence-electron chi connectivity index (χ1n) is 3.97. The highest BCUT2D eigenvalue weighted by Gasteiger charge is 2.08. The zero-order valence-electron chi connectivity index (χ0n) is 7.50. The number of anilines is 1. The number of rotatable bonds is 0. The largest absolute Gasteiger partial charge is 0.397 e. The number of aromatic nitrogens is 2. The van der Waals surface area contributed by atoms with Crippen LogP contribution in [0.5, 0.6) is 0 Å². The topological polar surface area (TPSA) is 43.8 Å². The Hall–Kier alpha value is -1.03. The molecule has 0 aliphatic heterocycles. The van der Waals surface area contributed by atoms with E-state index >= 15 is 0 Å². The summed E-state index contributed by atoms with van der Waals surface area (Å²) in [6.07, 6.45) is 1.89. The fraction of sp³-hybridized carbons (Fsp3) is 0.222. The van der Waals surface area contributed by atoms with Gasteiger partial charge in [0.25, 0.3) is 0 Å². The van der Waals surface area contributed by atoms with Crippen molar-refractivity contribution in [3.8, 4) is 0 Å². The lowest BCUT2D eigenvalue weighted by Gasteiger charge is -1.99. The number of hydrogen-bond acceptors (Lipinski definition) is 2. The molecule has 0 radical (unpaired) electrons. The molecule has 0 spiro atoms. The summed E-state index contributed by atoms with van der Waals surface area (Å²) in [4.78, 5) is 4.36. The maximum atomic E-state index is 5.85. The average Bonchev–Trinajstić information content (AvgIpc) is 2.27. The Morgan fingerprint density at radius 2 is 2.23 bits per heavy atom. The van der Waals surface area contributed by atoms with Crippen LogP contribution >= 0.6 is 15.9 Å². The van der Waals surface area contributed by atoms with E-state index in [-0.39, 0.29) is 0 Å². The molecule has 0 aromatic carbocycles. The standard InChI is InChI=1S/C9H10BrN3/c1-5-3-7(10)12-9-8(5)6(11)4-13(9)2/h3-4H,11H2,1-2H3. The second-order valence-electron chi connectivity index (χ2n) is 3.16. The van der Waals surface area contributed by atoms with E-state index in [2.05, 4.69) is 20.9 Å². The molecule has 2 heterocycles. The molecular formula is C9H10BrN3. The zero-order chi connectivity index (χ0) is 9.59. The Kier molecular flexibility index (Phi) is 1.80. The minimum Gasteiger partial charge on any atom is -0.397 e. The molecule has 0 bridgehead atoms. The predicted molar refractivity (Wildman–Crippen MR) is 57.6 cm³/mol. The number of pyridine rings is 1. The Bertz CT molecular complexity index is 473. The lowest BCUT2D eigenvalue weighted by molar-refractivity contribution is 0.946. The van der Waals surface area contributed by atoms with Gasteiger partial charge in [-0.3, -0.25) is 0 Å². The molecule has 0 amide bonds. The Balaban J connectivity index is 2.97. The Labute approximate surface area is 84.7 Å². The van der Waals surface area contributed by atoms with Crippen molar-refractivity contribution in [2.45, 2.75) is 6.92 Å². The van der Waals surface area contributed by atoms with Crippen LogP contribution in [0.4, 0.5) is 5.69 Å². The molecule has 2 rings (SSSR count). The van der Waals surface area contributed by atoms with E-state index in [0.29, 0.717) is 0 Å². The molecule has 2 N–H and O–H groups in total. The molecule has 0 fully saturated rings. The Morgan fingerprint density at radius 1 is 1.54 bits per heavy atom. The minimum atomic E-state index is 0.787. The highest BCUT2D eigenvalue weighted by Crippen LogP contribution is 2.26. The second-order valence-corrected chi connectivity index (χ2v) is 3.97. The average molecular weight is 240 g/mol. The SMILES string of the molecule is Cc1cc(Br)nc2c1c(N)cn2C. The highest BCUT2D eigenvalue weighted by molar-refractivity contribution is 9.10. The van der Waals surface area contributed by atoms with Crippen LogP contribution in [0.1, 0.15) is 5.56 Å². The van der Waals surface area contributed by atoms with Crippen molar-refractivity contribution in [1.82, 2.24) is 9.55 Å². The lowest BCUT2D eigenvalue weighted by Crippen LogP contribution is -1.89. The fourth-order valence-electron chi connectivity index (χ4n) is 1.56. The van der Waals surface area contributed by atoms with Crippen LogP contribution in [-0.2, 0) is 7.05 Å². The van der Waals surface area contributed by atoms with Crippen LogP contribution < -0.4 is 5.73 Å². The first-order chi connectivity index (χ1) is 6.09. The minimum absolute atomic E-state index is 0.787. The lowest BCUT2D eigenvalue weighted by atomic mass is 10.2. The summed E-state index contributed by atoms with van der Waals surface area (Å²) in [6.45, 7) is 2.03. The molecule has 3 nitrogen and oxygen atoms in total. The molecule has 4 heteroatoms. The number of nitrogens with two attached hydrogens (primary N) is 1. The normalized spacial score (nSPS) is 11.0. The third kappa shape index (κ3) is 1.21. The molecule has 68 valence electrons. The van der Waals surface area contributed by atoms with E-state index in [9.17, 15) is 0 Å². The second kappa shape index (κ2) is 2.73. The van der Waals surface area contributed by atoms with Crippen molar-refractivity contribution < 1.29 is 0 Å². The molecule has 2 aromatic rings. The number of nitrogen functional groups attached to an aromatic ring is 1. The van der Waals surface area contributed by atoms with E-state index in [0.717, 1.165) is 26.9 Å². The maximum absolute atomic E-state index is 5.85. The van der Waals surface area contributed by atoms with E-state index in [1.807, 2.05) is 30.8 Å². The van der Waals surface area contributed by atoms with Gasteiger partial charge in [0.05, 0.1) is 5.69 Å². The third-order valence-corrected chi connectivity index (χ3v) is 2.53. The molecule has 0 aliphatic carbocycles. The molecule has 0 aliphatic rings. The van der Waals surface area contributed by atoms with Crippen LogP contribution in [0.25, 0.3) is 11.0 Å². The third-order valence-electron chi connectivity index (χ3n) is 2.12. The van der Waals surface area contributed by atoms with Gasteiger partial charge in [0.15, 0.2) is 0 Å². The molecule has 13 heavy (non-hydrogen) atoms. The van der Waals surface area contributed by atoms with Crippen molar-refractivity contribution in [2.24, 2.45) is 7.05 Å². The van der Waals surface area contributed by atoms with Gasteiger partial charge in [-0.05, 0) is 34.5 Å². The summed E-state index contributed by atoms with van der Waals surface area (Å²) in [7, 11) is 1.94. The summed E-state index contributed by atoms with van der Waals surface area (Å²) in [6, 6.07) is 1.97. The molecule has 2 aromatic heterocycles. The van der Waals surface area contributed by atoms with Crippen LogP contribution in [0.15, 0.2) is 16.9 Å². The van der Waals surface area contributed by atoms with Crippen molar-refractivity contribution in [2.75, 3.05) is 5.73 Å². The van der Waals surface area contributed by atoms with Gasteiger partial charge in [-0.1, -0.05) is 0 Å². The van der Waals surface area contributed by atoms with Crippen molar-refractivity contribution in [3.05, 3.63) is 22.4 Å². The van der Waals surface area contributed by atoms with Crippen LogP contribution in [0.2, 0.25) is 0 Å². The molecule has 0 unspecified atom stereocenters. The quantitative estimate of drug-likeness (QED) is 0.717. The molecule has 0 saturated heterocycles. The highest BCUT2D eigenvalue weighted by atomic mass is 79.9. The van der Waals surface area contributed by atoms with Gasteiger partial charge in [0.2, 0.25) is 0 Å². The molecular weight excluding hydrogens is 230 g/mol.